The molecule has 4 heteroatoms. The van der Waals surface area contributed by atoms with Crippen molar-refractivity contribution < 1.29 is 0 Å². The minimum absolute atomic E-state index is 0.153. The van der Waals surface area contributed by atoms with Crippen LogP contribution in [0.2, 0.25) is 0 Å². The number of aromatic amines is 1. The largest absolute Gasteiger partial charge is 0.360 e. The van der Waals surface area contributed by atoms with E-state index in [2.05, 4.69) is 4.98 Å². The number of hydrogen-bond donors (Lipinski definition) is 1. The number of nitrogens with one attached hydrogen (secondary N) is 1. The van der Waals surface area contributed by atoms with Gasteiger partial charge in [0.15, 0.2) is 0 Å². The summed E-state index contributed by atoms with van der Waals surface area (Å²) in [5.41, 5.74) is 0.708. The van der Waals surface area contributed by atoms with Gasteiger partial charge in [0.05, 0.1) is 0 Å². The number of aromatic nitrogens is 1. The lowest BCUT2D eigenvalue weighted by atomic mass is 10.1. The first-order chi connectivity index (χ1) is 7.26. The zero-order valence-corrected chi connectivity index (χ0v) is 8.89. The molecular weight excluding hydrogens is 208 g/mol. The number of H-pyrrole nitrogens is 1. The maximum atomic E-state index is 11.8. The average molecular weight is 216 g/mol. The van der Waals surface area contributed by atoms with Gasteiger partial charge in [0, 0.05) is 22.0 Å². The van der Waals surface area contributed by atoms with Gasteiger partial charge in [0.1, 0.15) is 11.6 Å². The maximum Gasteiger partial charge on any atom is 0.207 e. The van der Waals surface area contributed by atoms with E-state index in [1.165, 1.54) is 6.20 Å². The fourth-order valence-electron chi connectivity index (χ4n) is 1.41. The number of benzene rings is 1. The molecule has 0 bridgehead atoms. The number of rotatable bonds is 1. The Balaban J connectivity index is 2.85. The van der Waals surface area contributed by atoms with Gasteiger partial charge in [-0.2, -0.15) is 5.26 Å². The van der Waals surface area contributed by atoms with Gasteiger partial charge >= 0.3 is 0 Å². The first-order valence-electron chi connectivity index (χ1n) is 4.36. The molecule has 0 aliphatic heterocycles. The monoisotopic (exact) mass is 216 g/mol. The van der Waals surface area contributed by atoms with Gasteiger partial charge in [0.2, 0.25) is 5.43 Å². The van der Waals surface area contributed by atoms with Gasteiger partial charge in [-0.25, -0.2) is 0 Å². The molecule has 0 saturated heterocycles. The minimum atomic E-state index is -0.206. The molecule has 0 amide bonds. The van der Waals surface area contributed by atoms with Crippen molar-refractivity contribution in [1.82, 2.24) is 4.98 Å². The van der Waals surface area contributed by atoms with Crippen LogP contribution in [-0.2, 0) is 0 Å². The van der Waals surface area contributed by atoms with Crippen LogP contribution in [0.1, 0.15) is 5.56 Å². The molecule has 0 saturated carbocycles. The van der Waals surface area contributed by atoms with Crippen LogP contribution in [0.3, 0.4) is 0 Å². The molecule has 2 rings (SSSR count). The fraction of sp³-hybridized carbons (Fsp3) is 0.0909. The Hall–Kier alpha value is -1.73. The molecule has 1 heterocycles. The second-order valence-corrected chi connectivity index (χ2v) is 3.93. The van der Waals surface area contributed by atoms with Crippen molar-refractivity contribution in [3.05, 3.63) is 40.2 Å². The van der Waals surface area contributed by atoms with E-state index in [1.807, 2.05) is 24.5 Å². The highest BCUT2D eigenvalue weighted by Gasteiger charge is 2.04. The lowest BCUT2D eigenvalue weighted by Crippen LogP contribution is -2.06. The van der Waals surface area contributed by atoms with Crippen molar-refractivity contribution in [2.75, 3.05) is 6.26 Å². The molecule has 74 valence electrons. The summed E-state index contributed by atoms with van der Waals surface area (Å²) >= 11 is 1.57. The first kappa shape index (κ1) is 9.81. The second kappa shape index (κ2) is 3.79. The van der Waals surface area contributed by atoms with Crippen LogP contribution in [0.15, 0.2) is 34.1 Å². The van der Waals surface area contributed by atoms with Gasteiger partial charge < -0.3 is 4.98 Å². The van der Waals surface area contributed by atoms with Gasteiger partial charge in [-0.3, -0.25) is 4.79 Å². The van der Waals surface area contributed by atoms with Crippen molar-refractivity contribution in [2.24, 2.45) is 0 Å². The van der Waals surface area contributed by atoms with Gasteiger partial charge in [-0.05, 0) is 24.5 Å². The Morgan fingerprint density at radius 3 is 2.93 bits per heavy atom. The SMILES string of the molecule is CSc1ccc2[nH]cc(C#N)c(=O)c2c1. The number of nitrogens with zero attached hydrogens (tertiary/aromatic N) is 1. The second-order valence-electron chi connectivity index (χ2n) is 3.05. The molecule has 1 N–H and O–H groups in total. The van der Waals surface area contributed by atoms with Crippen LogP contribution in [-0.4, -0.2) is 11.2 Å². The standard InChI is InChI=1S/C11H8N2OS/c1-15-8-2-3-10-9(4-8)11(14)7(5-12)6-13-10/h2-4,6H,1H3,(H,13,14). The molecule has 0 fully saturated rings. The molecular formula is C11H8N2OS. The Kier molecular flexibility index (Phi) is 2.48. The third-order valence-electron chi connectivity index (χ3n) is 2.21. The van der Waals surface area contributed by atoms with Crippen molar-refractivity contribution in [3.8, 4) is 6.07 Å². The Bertz CT molecular complexity index is 610. The quantitative estimate of drug-likeness (QED) is 0.743. The molecule has 0 spiro atoms. The third-order valence-corrected chi connectivity index (χ3v) is 2.93. The van der Waals surface area contributed by atoms with Gasteiger partial charge in [0.25, 0.3) is 0 Å². The summed E-state index contributed by atoms with van der Waals surface area (Å²) in [4.78, 5) is 15.7. The minimum Gasteiger partial charge on any atom is -0.360 e. The van der Waals surface area contributed by atoms with Crippen molar-refractivity contribution in [3.63, 3.8) is 0 Å². The molecule has 3 nitrogen and oxygen atoms in total. The lowest BCUT2D eigenvalue weighted by Gasteiger charge is -2.00. The predicted molar refractivity (Wildman–Crippen MR) is 61.1 cm³/mol. The molecule has 0 aliphatic rings. The summed E-state index contributed by atoms with van der Waals surface area (Å²) in [6.07, 6.45) is 3.40. The molecule has 1 aromatic carbocycles. The van der Waals surface area contributed by atoms with Crippen LogP contribution < -0.4 is 5.43 Å². The average Bonchev–Trinajstić information content (AvgIpc) is 2.29. The zero-order valence-electron chi connectivity index (χ0n) is 8.07. The van der Waals surface area contributed by atoms with Crippen molar-refractivity contribution in [1.29, 1.82) is 5.26 Å². The van der Waals surface area contributed by atoms with E-state index in [1.54, 1.807) is 17.8 Å². The van der Waals surface area contributed by atoms with E-state index in [-0.39, 0.29) is 11.0 Å². The van der Waals surface area contributed by atoms with Crippen molar-refractivity contribution >= 4 is 22.7 Å². The summed E-state index contributed by atoms with van der Waals surface area (Å²) in [7, 11) is 0. The normalized spacial score (nSPS) is 10.1. The van der Waals surface area contributed by atoms with E-state index < -0.39 is 0 Å². The number of hydrogen-bond acceptors (Lipinski definition) is 3. The van der Waals surface area contributed by atoms with Crippen LogP contribution in [0.5, 0.6) is 0 Å². The molecule has 0 unspecified atom stereocenters. The molecule has 0 aliphatic carbocycles. The van der Waals surface area contributed by atoms with Crippen LogP contribution >= 0.6 is 11.8 Å². The van der Waals surface area contributed by atoms with Crippen molar-refractivity contribution in [2.45, 2.75) is 4.90 Å². The first-order valence-corrected chi connectivity index (χ1v) is 5.58. The molecule has 1 aromatic heterocycles. The van der Waals surface area contributed by atoms with E-state index in [0.717, 1.165) is 10.4 Å². The third kappa shape index (κ3) is 1.62. The Labute approximate surface area is 90.7 Å². The molecule has 0 radical (unpaired) electrons. The summed E-state index contributed by atoms with van der Waals surface area (Å²) < 4.78 is 0. The topological polar surface area (TPSA) is 56.6 Å². The highest BCUT2D eigenvalue weighted by Crippen LogP contribution is 2.18. The van der Waals surface area contributed by atoms with E-state index >= 15 is 0 Å². The van der Waals surface area contributed by atoms with E-state index in [9.17, 15) is 4.79 Å². The summed E-state index contributed by atoms with van der Waals surface area (Å²) in [5.74, 6) is 0. The Morgan fingerprint density at radius 1 is 1.47 bits per heavy atom. The van der Waals surface area contributed by atoms with Crippen LogP contribution in [0, 0.1) is 11.3 Å². The van der Waals surface area contributed by atoms with Crippen LogP contribution in [0.4, 0.5) is 0 Å². The predicted octanol–water partition coefficient (Wildman–Crippen LogP) is 2.12. The number of thioether (sulfide) groups is 1. The highest BCUT2D eigenvalue weighted by molar-refractivity contribution is 7.98. The van der Waals surface area contributed by atoms with E-state index in [4.69, 9.17) is 5.26 Å². The zero-order chi connectivity index (χ0) is 10.8. The molecule has 0 atom stereocenters. The number of fused-ring (bicyclic) bond motifs is 1. The van der Waals surface area contributed by atoms with E-state index in [0.29, 0.717) is 5.39 Å². The van der Waals surface area contributed by atoms with Gasteiger partial charge in [-0.1, -0.05) is 0 Å². The summed E-state index contributed by atoms with van der Waals surface area (Å²) in [6, 6.07) is 7.47. The maximum absolute atomic E-state index is 11.8. The number of nitriles is 1. The molecule has 15 heavy (non-hydrogen) atoms. The van der Waals surface area contributed by atoms with Gasteiger partial charge in [-0.15, -0.1) is 11.8 Å². The highest BCUT2D eigenvalue weighted by atomic mass is 32.2. The Morgan fingerprint density at radius 2 is 2.27 bits per heavy atom. The smallest absolute Gasteiger partial charge is 0.207 e. The molecule has 2 aromatic rings. The fourth-order valence-corrected chi connectivity index (χ4v) is 1.85. The summed E-state index contributed by atoms with van der Waals surface area (Å²) in [5, 5.41) is 9.30. The lowest BCUT2D eigenvalue weighted by molar-refractivity contribution is 1.33. The number of pyridine rings is 1. The van der Waals surface area contributed by atoms with Crippen LogP contribution in [0.25, 0.3) is 10.9 Å². The summed E-state index contributed by atoms with van der Waals surface area (Å²) in [6.45, 7) is 0.